The van der Waals surface area contributed by atoms with E-state index in [1.165, 1.54) is 18.8 Å². The van der Waals surface area contributed by atoms with Crippen LogP contribution < -0.4 is 11.1 Å². The van der Waals surface area contributed by atoms with Crippen molar-refractivity contribution >= 4 is 5.91 Å². The summed E-state index contributed by atoms with van der Waals surface area (Å²) in [5.41, 5.74) is 6.17. The van der Waals surface area contributed by atoms with Crippen LogP contribution in [0.5, 0.6) is 0 Å². The predicted octanol–water partition coefficient (Wildman–Crippen LogP) is 1.11. The highest BCUT2D eigenvalue weighted by Crippen LogP contribution is 2.31. The molecule has 1 aromatic heterocycles. The molecule has 2 unspecified atom stereocenters. The first kappa shape index (κ1) is 13.0. The summed E-state index contributed by atoms with van der Waals surface area (Å²) in [5, 5.41) is 10.5. The summed E-state index contributed by atoms with van der Waals surface area (Å²) in [7, 11) is 0. The normalized spacial score (nSPS) is 27.8. The number of nitrogens with one attached hydrogen (secondary N) is 1. The number of hydrogen-bond acceptors (Lipinski definition) is 4. The van der Waals surface area contributed by atoms with Crippen LogP contribution in [0.15, 0.2) is 18.5 Å². The molecule has 5 heteroatoms. The van der Waals surface area contributed by atoms with Crippen molar-refractivity contribution in [3.63, 3.8) is 0 Å². The number of rotatable bonds is 3. The van der Waals surface area contributed by atoms with Crippen LogP contribution in [0, 0.1) is 5.92 Å². The topological polar surface area (TPSA) is 80.9 Å². The molecular weight excluding hydrogens is 228 g/mol. The highest BCUT2D eigenvalue weighted by molar-refractivity contribution is 5.94. The highest BCUT2D eigenvalue weighted by atomic mass is 16.1. The second-order valence-electron chi connectivity index (χ2n) is 5.27. The van der Waals surface area contributed by atoms with E-state index >= 15 is 0 Å². The average molecular weight is 248 g/mol. The number of nitrogens with two attached hydrogens (primary N) is 1. The number of nitrogens with zero attached hydrogens (tertiary/aromatic N) is 2. The molecule has 98 valence electrons. The minimum Gasteiger partial charge on any atom is -0.345 e. The Labute approximate surface area is 107 Å². The maximum absolute atomic E-state index is 12.1. The molecule has 0 spiro atoms. The number of carbonyl (C=O) groups excluding carboxylic acids is 1. The molecule has 0 bridgehead atoms. The summed E-state index contributed by atoms with van der Waals surface area (Å²) in [4.78, 5) is 12.1. The standard InChI is InChI=1S/C13H20N4O/c1-10-3-2-5-13(7-10,9-14)17-12(18)11-4-6-15-16-8-11/h4,6,8,10H,2-3,5,7,9,14H2,1H3,(H,17,18). The zero-order valence-corrected chi connectivity index (χ0v) is 10.7. The molecule has 1 aromatic rings. The fraction of sp³-hybridized carbons (Fsp3) is 0.615. The summed E-state index contributed by atoms with van der Waals surface area (Å²) in [6.45, 7) is 2.70. The molecule has 18 heavy (non-hydrogen) atoms. The molecule has 0 aliphatic heterocycles. The molecule has 2 rings (SSSR count). The minimum absolute atomic E-state index is 0.107. The largest absolute Gasteiger partial charge is 0.345 e. The van der Waals surface area contributed by atoms with Gasteiger partial charge in [0.15, 0.2) is 0 Å². The molecule has 5 nitrogen and oxygen atoms in total. The third kappa shape index (κ3) is 2.85. The third-order valence-corrected chi connectivity index (χ3v) is 3.71. The van der Waals surface area contributed by atoms with Crippen molar-refractivity contribution in [1.82, 2.24) is 15.5 Å². The molecule has 1 fully saturated rings. The zero-order valence-electron chi connectivity index (χ0n) is 10.7. The summed E-state index contributed by atoms with van der Waals surface area (Å²) in [5.74, 6) is 0.502. The van der Waals surface area contributed by atoms with Crippen molar-refractivity contribution in [2.45, 2.75) is 38.1 Å². The van der Waals surface area contributed by atoms with Gasteiger partial charge in [0.25, 0.3) is 5.91 Å². The third-order valence-electron chi connectivity index (χ3n) is 3.71. The lowest BCUT2D eigenvalue weighted by Gasteiger charge is -2.40. The minimum atomic E-state index is -0.252. The fourth-order valence-electron chi connectivity index (χ4n) is 2.75. The second kappa shape index (κ2) is 5.44. The lowest BCUT2D eigenvalue weighted by atomic mass is 9.76. The van der Waals surface area contributed by atoms with Gasteiger partial charge in [0.1, 0.15) is 0 Å². The van der Waals surface area contributed by atoms with Crippen molar-refractivity contribution in [2.75, 3.05) is 6.54 Å². The Balaban J connectivity index is 2.08. The monoisotopic (exact) mass is 248 g/mol. The van der Waals surface area contributed by atoms with Crippen LogP contribution in [-0.2, 0) is 0 Å². The first-order valence-electron chi connectivity index (χ1n) is 6.44. The first-order chi connectivity index (χ1) is 8.65. The van der Waals surface area contributed by atoms with Crippen molar-refractivity contribution in [3.8, 4) is 0 Å². The van der Waals surface area contributed by atoms with Crippen LogP contribution in [0.2, 0.25) is 0 Å². The first-order valence-corrected chi connectivity index (χ1v) is 6.44. The van der Waals surface area contributed by atoms with E-state index in [9.17, 15) is 4.79 Å². The van der Waals surface area contributed by atoms with Gasteiger partial charge in [-0.15, -0.1) is 0 Å². The Morgan fingerprint density at radius 3 is 3.06 bits per heavy atom. The van der Waals surface area contributed by atoms with Crippen molar-refractivity contribution in [2.24, 2.45) is 11.7 Å². The molecule has 1 saturated carbocycles. The summed E-state index contributed by atoms with van der Waals surface area (Å²) in [6, 6.07) is 1.67. The Hall–Kier alpha value is -1.49. The van der Waals surface area contributed by atoms with Gasteiger partial charge in [0.05, 0.1) is 23.5 Å². The Morgan fingerprint density at radius 1 is 1.61 bits per heavy atom. The highest BCUT2D eigenvalue weighted by Gasteiger charge is 2.35. The van der Waals surface area contributed by atoms with E-state index in [0.29, 0.717) is 18.0 Å². The second-order valence-corrected chi connectivity index (χ2v) is 5.27. The summed E-state index contributed by atoms with van der Waals surface area (Å²) >= 11 is 0. The van der Waals surface area contributed by atoms with E-state index in [1.807, 2.05) is 0 Å². The Morgan fingerprint density at radius 2 is 2.44 bits per heavy atom. The maximum atomic E-state index is 12.1. The Kier molecular flexibility index (Phi) is 3.91. The molecule has 1 aliphatic rings. The van der Waals surface area contributed by atoms with E-state index in [-0.39, 0.29) is 11.4 Å². The number of amides is 1. The molecule has 0 aromatic carbocycles. The fourth-order valence-corrected chi connectivity index (χ4v) is 2.75. The lowest BCUT2D eigenvalue weighted by molar-refractivity contribution is 0.0853. The van der Waals surface area contributed by atoms with Crippen molar-refractivity contribution < 1.29 is 4.79 Å². The molecule has 1 amide bonds. The molecule has 1 heterocycles. The predicted molar refractivity (Wildman–Crippen MR) is 68.9 cm³/mol. The molecule has 2 atom stereocenters. The number of carbonyl (C=O) groups is 1. The van der Waals surface area contributed by atoms with Crippen LogP contribution >= 0.6 is 0 Å². The van der Waals surface area contributed by atoms with Gasteiger partial charge < -0.3 is 11.1 Å². The van der Waals surface area contributed by atoms with Crippen LogP contribution in [-0.4, -0.2) is 28.2 Å². The molecule has 0 radical (unpaired) electrons. The maximum Gasteiger partial charge on any atom is 0.253 e. The van der Waals surface area contributed by atoms with Gasteiger partial charge in [-0.05, 0) is 24.8 Å². The quantitative estimate of drug-likeness (QED) is 0.839. The van der Waals surface area contributed by atoms with Crippen molar-refractivity contribution in [3.05, 3.63) is 24.0 Å². The zero-order chi connectivity index (χ0) is 13.0. The van der Waals surface area contributed by atoms with Crippen molar-refractivity contribution in [1.29, 1.82) is 0 Å². The average Bonchev–Trinajstić information content (AvgIpc) is 2.39. The molecule has 0 saturated heterocycles. The van der Waals surface area contributed by atoms with E-state index in [0.717, 1.165) is 19.3 Å². The molecule has 1 aliphatic carbocycles. The summed E-state index contributed by atoms with van der Waals surface area (Å²) in [6.07, 6.45) is 7.24. The Bertz CT molecular complexity index is 409. The van der Waals surface area contributed by atoms with Gasteiger partial charge in [-0.25, -0.2) is 0 Å². The SMILES string of the molecule is CC1CCCC(CN)(NC(=O)c2ccnnc2)C1. The van der Waals surface area contributed by atoms with Gasteiger partial charge in [-0.3, -0.25) is 4.79 Å². The van der Waals surface area contributed by atoms with Crippen LogP contribution in [0.1, 0.15) is 43.0 Å². The van der Waals surface area contributed by atoms with Crippen LogP contribution in [0.25, 0.3) is 0 Å². The van der Waals surface area contributed by atoms with E-state index in [2.05, 4.69) is 22.4 Å². The number of hydrogen-bond donors (Lipinski definition) is 2. The van der Waals surface area contributed by atoms with E-state index in [1.54, 1.807) is 6.07 Å². The molecular formula is C13H20N4O. The summed E-state index contributed by atoms with van der Waals surface area (Å²) < 4.78 is 0. The van der Waals surface area contributed by atoms with Gasteiger partial charge in [0, 0.05) is 6.54 Å². The van der Waals surface area contributed by atoms with E-state index < -0.39 is 0 Å². The van der Waals surface area contributed by atoms with Gasteiger partial charge in [0.2, 0.25) is 0 Å². The van der Waals surface area contributed by atoms with Gasteiger partial charge >= 0.3 is 0 Å². The smallest absolute Gasteiger partial charge is 0.253 e. The van der Waals surface area contributed by atoms with Crippen LogP contribution in [0.3, 0.4) is 0 Å². The van der Waals surface area contributed by atoms with Gasteiger partial charge in [-0.1, -0.05) is 19.8 Å². The molecule has 3 N–H and O–H groups in total. The number of aromatic nitrogens is 2. The lowest BCUT2D eigenvalue weighted by Crippen LogP contribution is -2.56. The van der Waals surface area contributed by atoms with Gasteiger partial charge in [-0.2, -0.15) is 10.2 Å². The van der Waals surface area contributed by atoms with Crippen LogP contribution in [0.4, 0.5) is 0 Å². The van der Waals surface area contributed by atoms with E-state index in [4.69, 9.17) is 5.73 Å².